The average molecular weight is 539 g/mol. The van der Waals surface area contributed by atoms with Crippen LogP contribution in [0, 0.1) is 0 Å². The van der Waals surface area contributed by atoms with Crippen LogP contribution in [0.3, 0.4) is 0 Å². The Morgan fingerprint density at radius 1 is 1.10 bits per heavy atom. The highest BCUT2D eigenvalue weighted by Gasteiger charge is 2.41. The van der Waals surface area contributed by atoms with E-state index >= 15 is 0 Å². The number of phenolic OH excluding ortho intramolecular Hbond substituents is 2. The van der Waals surface area contributed by atoms with Crippen LogP contribution in [-0.2, 0) is 20.8 Å². The molecule has 2 aliphatic rings. The monoisotopic (exact) mass is 539 g/mol. The van der Waals surface area contributed by atoms with E-state index in [1.165, 1.54) is 23.1 Å². The zero-order valence-corrected chi connectivity index (χ0v) is 20.9. The van der Waals surface area contributed by atoms with Crippen LogP contribution in [0.4, 0.5) is 4.79 Å². The van der Waals surface area contributed by atoms with Crippen molar-refractivity contribution in [3.63, 3.8) is 0 Å². The van der Waals surface area contributed by atoms with Crippen LogP contribution in [0.5, 0.6) is 17.2 Å². The summed E-state index contributed by atoms with van der Waals surface area (Å²) in [5.74, 6) is -5.62. The number of nitrogens with zero attached hydrogens (tertiary/aromatic N) is 2. The summed E-state index contributed by atoms with van der Waals surface area (Å²) in [4.78, 5) is 64.8. The van der Waals surface area contributed by atoms with Crippen molar-refractivity contribution in [2.75, 3.05) is 19.6 Å². The Labute approximate surface area is 222 Å². The number of rotatable bonds is 7. The predicted octanol–water partition coefficient (Wildman–Crippen LogP) is 0.682. The predicted molar refractivity (Wildman–Crippen MR) is 134 cm³/mol. The quantitative estimate of drug-likeness (QED) is 0.190. The Morgan fingerprint density at radius 3 is 2.51 bits per heavy atom. The number of ketones is 1. The Morgan fingerprint density at radius 2 is 1.85 bits per heavy atom. The molecule has 14 heteroatoms. The molecule has 4 rings (SSSR count). The molecule has 2 aromatic carbocycles. The van der Waals surface area contributed by atoms with Crippen LogP contribution >= 0.6 is 0 Å². The van der Waals surface area contributed by atoms with E-state index in [2.05, 4.69) is 5.32 Å². The van der Waals surface area contributed by atoms with Gasteiger partial charge in [0.15, 0.2) is 17.3 Å². The molecule has 5 N–H and O–H groups in total. The zero-order chi connectivity index (χ0) is 28.4. The zero-order valence-electron chi connectivity index (χ0n) is 20.9. The van der Waals surface area contributed by atoms with Crippen molar-refractivity contribution < 1.29 is 49.0 Å². The third-order valence-corrected chi connectivity index (χ3v) is 6.77. The Balaban J connectivity index is 1.57. The van der Waals surface area contributed by atoms with E-state index in [9.17, 15) is 44.3 Å². The van der Waals surface area contributed by atoms with Gasteiger partial charge in [0, 0.05) is 31.9 Å². The molecule has 0 saturated carbocycles. The van der Waals surface area contributed by atoms with E-state index in [0.29, 0.717) is 10.5 Å². The van der Waals surface area contributed by atoms with E-state index in [0.717, 1.165) is 12.1 Å². The number of likely N-dealkylation sites (N-methyl/N-ethyl adjacent to an activating group) is 1. The van der Waals surface area contributed by atoms with Crippen molar-refractivity contribution in [2.45, 2.75) is 31.6 Å². The van der Waals surface area contributed by atoms with Crippen molar-refractivity contribution in [3.05, 3.63) is 53.1 Å². The number of carbonyl (C=O) groups excluding carboxylic acids is 4. The van der Waals surface area contributed by atoms with Gasteiger partial charge in [0.05, 0.1) is 5.56 Å². The summed E-state index contributed by atoms with van der Waals surface area (Å²) >= 11 is 0. The van der Waals surface area contributed by atoms with E-state index in [1.54, 1.807) is 13.0 Å². The molecule has 2 heterocycles. The molecule has 2 atom stereocenters. The number of aromatic carboxylic acids is 1. The summed E-state index contributed by atoms with van der Waals surface area (Å²) in [7, 11) is -1.53. The van der Waals surface area contributed by atoms with Crippen molar-refractivity contribution in [3.8, 4) is 17.2 Å². The number of carboxylic acid groups (broad SMARTS) is 1. The van der Waals surface area contributed by atoms with Gasteiger partial charge in [-0.1, -0.05) is 18.2 Å². The number of phenols is 2. The standard InChI is InChI=1S/C25H26BN3O10/c1-2-28-8-9-29(23(34)22(28)33)25(37)27-20(13-6-7-17(30)18(31)11-13)19(32)12-15-10-14-4-3-5-16(24(35)36)21(14)39-26(15)38/h3-7,11,15,20,30-31,38H,2,8-10,12H2,1H3,(H,27,37)(H,35,36)/t15-,20?/m1/s1. The number of hydrogen-bond donors (Lipinski definition) is 5. The summed E-state index contributed by atoms with van der Waals surface area (Å²) < 4.78 is 5.45. The minimum Gasteiger partial charge on any atom is -0.535 e. The summed E-state index contributed by atoms with van der Waals surface area (Å²) in [6.45, 7) is 2.01. The molecule has 204 valence electrons. The number of hydrogen-bond acceptors (Lipinski definition) is 9. The highest BCUT2D eigenvalue weighted by molar-refractivity contribution is 6.47. The minimum absolute atomic E-state index is 0.00362. The maximum atomic E-state index is 13.5. The number of urea groups is 1. The smallest absolute Gasteiger partial charge is 0.526 e. The number of nitrogens with one attached hydrogen (secondary N) is 1. The lowest BCUT2D eigenvalue weighted by molar-refractivity contribution is -0.153. The number of aromatic hydroxyl groups is 2. The largest absolute Gasteiger partial charge is 0.535 e. The van der Waals surface area contributed by atoms with Gasteiger partial charge in [0.1, 0.15) is 11.8 Å². The molecule has 0 aliphatic carbocycles. The lowest BCUT2D eigenvalue weighted by atomic mass is 9.64. The molecule has 1 fully saturated rings. The third-order valence-electron chi connectivity index (χ3n) is 6.77. The first-order valence-electron chi connectivity index (χ1n) is 12.2. The van der Waals surface area contributed by atoms with E-state index < -0.39 is 60.1 Å². The highest BCUT2D eigenvalue weighted by atomic mass is 16.5. The van der Waals surface area contributed by atoms with Gasteiger partial charge in [-0.2, -0.15) is 0 Å². The molecule has 0 spiro atoms. The SMILES string of the molecule is CCN1CCN(C(=O)NC(C(=O)C[C@H]2Cc3cccc(C(=O)O)c3OB2O)c2ccc(O)c(O)c2)C(=O)C1=O. The fourth-order valence-corrected chi connectivity index (χ4v) is 4.64. The summed E-state index contributed by atoms with van der Waals surface area (Å²) in [6, 6.07) is 5.50. The van der Waals surface area contributed by atoms with Crippen LogP contribution in [-0.4, -0.2) is 86.5 Å². The number of Topliss-reactive ketones (excluding diaryl/α,β-unsaturated/α-hetero) is 1. The second kappa shape index (κ2) is 11.0. The first-order valence-corrected chi connectivity index (χ1v) is 12.2. The molecule has 1 saturated heterocycles. The molecule has 0 radical (unpaired) electrons. The topological polar surface area (TPSA) is 194 Å². The molecule has 0 bridgehead atoms. The number of piperazine rings is 1. The van der Waals surface area contributed by atoms with Crippen molar-refractivity contribution in [2.24, 2.45) is 0 Å². The maximum absolute atomic E-state index is 13.5. The van der Waals surface area contributed by atoms with Crippen molar-refractivity contribution >= 4 is 36.7 Å². The minimum atomic E-state index is -1.53. The molecule has 39 heavy (non-hydrogen) atoms. The molecule has 13 nitrogen and oxygen atoms in total. The van der Waals surface area contributed by atoms with Gasteiger partial charge in [-0.25, -0.2) is 9.59 Å². The van der Waals surface area contributed by atoms with Crippen LogP contribution in [0.1, 0.15) is 40.9 Å². The Hall–Kier alpha value is -4.59. The van der Waals surface area contributed by atoms with E-state index in [4.69, 9.17) is 4.65 Å². The lowest BCUT2D eigenvalue weighted by Crippen LogP contribution is -2.58. The number of carbonyl (C=O) groups is 5. The molecule has 1 unspecified atom stereocenters. The van der Waals surface area contributed by atoms with Gasteiger partial charge in [0.2, 0.25) is 0 Å². The van der Waals surface area contributed by atoms with Gasteiger partial charge in [-0.05, 0) is 42.7 Å². The van der Waals surface area contributed by atoms with Gasteiger partial charge in [0.25, 0.3) is 0 Å². The number of benzene rings is 2. The van der Waals surface area contributed by atoms with E-state index in [-0.39, 0.29) is 49.4 Å². The lowest BCUT2D eigenvalue weighted by Gasteiger charge is -2.33. The number of carboxylic acids is 1. The number of imide groups is 1. The second-order valence-corrected chi connectivity index (χ2v) is 9.21. The van der Waals surface area contributed by atoms with Crippen molar-refractivity contribution in [1.82, 2.24) is 15.1 Å². The molecular formula is C25H26BN3O10. The summed E-state index contributed by atoms with van der Waals surface area (Å²) in [6.07, 6.45) is -0.252. The Bertz CT molecular complexity index is 1350. The first kappa shape index (κ1) is 27.4. The van der Waals surface area contributed by atoms with Crippen LogP contribution < -0.4 is 9.97 Å². The highest BCUT2D eigenvalue weighted by Crippen LogP contribution is 2.37. The third kappa shape index (κ3) is 5.50. The van der Waals surface area contributed by atoms with Gasteiger partial charge < -0.3 is 35.2 Å². The Kier molecular flexibility index (Phi) is 7.76. The molecule has 2 aromatic rings. The fraction of sp³-hybridized carbons (Fsp3) is 0.320. The fourth-order valence-electron chi connectivity index (χ4n) is 4.64. The average Bonchev–Trinajstić information content (AvgIpc) is 2.90. The molecule has 2 aliphatic heterocycles. The molecular weight excluding hydrogens is 513 g/mol. The first-order chi connectivity index (χ1) is 18.5. The molecule has 0 aromatic heterocycles. The summed E-state index contributed by atoms with van der Waals surface area (Å²) in [5, 5.41) is 42.1. The maximum Gasteiger partial charge on any atom is 0.526 e. The van der Waals surface area contributed by atoms with Crippen LogP contribution in [0.15, 0.2) is 36.4 Å². The van der Waals surface area contributed by atoms with Gasteiger partial charge in [-0.3, -0.25) is 19.3 Å². The van der Waals surface area contributed by atoms with Crippen LogP contribution in [0.25, 0.3) is 0 Å². The van der Waals surface area contributed by atoms with Crippen molar-refractivity contribution in [1.29, 1.82) is 0 Å². The number of para-hydroxylation sites is 1. The van der Waals surface area contributed by atoms with Gasteiger partial charge >= 0.3 is 30.9 Å². The van der Waals surface area contributed by atoms with Gasteiger partial charge in [-0.15, -0.1) is 0 Å². The number of fused-ring (bicyclic) bond motifs is 1. The number of amides is 4. The molecule has 4 amide bonds. The normalized spacial score (nSPS) is 17.8. The van der Waals surface area contributed by atoms with Crippen LogP contribution in [0.2, 0.25) is 5.82 Å². The summed E-state index contributed by atoms with van der Waals surface area (Å²) in [5.41, 5.74) is 0.414. The van der Waals surface area contributed by atoms with E-state index in [1.807, 2.05) is 0 Å². The second-order valence-electron chi connectivity index (χ2n) is 9.21.